The molecule has 0 spiro atoms. The van der Waals surface area contributed by atoms with Crippen LogP contribution in [0, 0.1) is 5.92 Å². The predicted octanol–water partition coefficient (Wildman–Crippen LogP) is 2.69. The minimum Gasteiger partial charge on any atom is -0.392 e. The molecule has 6 nitrogen and oxygen atoms in total. The molecule has 6 heteroatoms. The van der Waals surface area contributed by atoms with E-state index < -0.39 is 6.10 Å². The van der Waals surface area contributed by atoms with Gasteiger partial charge in [-0.3, -0.25) is 9.89 Å². The molecule has 3 rings (SSSR count). The fourth-order valence-corrected chi connectivity index (χ4v) is 2.32. The third-order valence-electron chi connectivity index (χ3n) is 4.04. The summed E-state index contributed by atoms with van der Waals surface area (Å²) >= 11 is 0. The number of aromatic amines is 1. The average Bonchev–Trinajstić information content (AvgIpc) is 3.24. The van der Waals surface area contributed by atoms with Gasteiger partial charge >= 0.3 is 0 Å². The van der Waals surface area contributed by atoms with Gasteiger partial charge in [-0.25, -0.2) is 4.98 Å². The van der Waals surface area contributed by atoms with Crippen molar-refractivity contribution < 1.29 is 9.90 Å². The number of aromatic nitrogens is 3. The maximum atomic E-state index is 12.0. The van der Waals surface area contributed by atoms with Crippen LogP contribution in [0.5, 0.6) is 0 Å². The lowest BCUT2D eigenvalue weighted by Crippen LogP contribution is -2.23. The smallest absolute Gasteiger partial charge is 0.226 e. The summed E-state index contributed by atoms with van der Waals surface area (Å²) in [6.45, 7) is 3.78. The third-order valence-corrected chi connectivity index (χ3v) is 4.04. The van der Waals surface area contributed by atoms with Gasteiger partial charge in [-0.1, -0.05) is 26.0 Å². The van der Waals surface area contributed by atoms with Gasteiger partial charge in [-0.2, -0.15) is 5.10 Å². The Morgan fingerprint density at radius 3 is 2.91 bits per heavy atom. The Balaban J connectivity index is 1.68. The zero-order valence-electron chi connectivity index (χ0n) is 13.4. The number of nitrogens with zero attached hydrogens (tertiary/aromatic N) is 2. The van der Waals surface area contributed by atoms with Gasteiger partial charge in [0.25, 0.3) is 0 Å². The molecule has 1 atom stereocenters. The van der Waals surface area contributed by atoms with E-state index in [0.29, 0.717) is 17.4 Å². The van der Waals surface area contributed by atoms with Gasteiger partial charge < -0.3 is 10.4 Å². The second-order valence-electron chi connectivity index (χ2n) is 6.46. The molecule has 1 amide bonds. The number of anilines is 1. The molecule has 0 saturated heterocycles. The fraction of sp³-hybridized carbons (Fsp3) is 0.471. The van der Waals surface area contributed by atoms with Crippen LogP contribution in [0.15, 0.2) is 24.3 Å². The number of hydrogen-bond donors (Lipinski definition) is 3. The van der Waals surface area contributed by atoms with E-state index in [9.17, 15) is 9.90 Å². The first-order chi connectivity index (χ1) is 11.0. The van der Waals surface area contributed by atoms with Crippen LogP contribution in [0.1, 0.15) is 44.9 Å². The highest BCUT2D eigenvalue weighted by Gasteiger charge is 2.27. The van der Waals surface area contributed by atoms with E-state index in [-0.39, 0.29) is 18.2 Å². The molecule has 1 aromatic carbocycles. The number of amides is 1. The highest BCUT2D eigenvalue weighted by atomic mass is 16.3. The fourth-order valence-electron chi connectivity index (χ4n) is 2.32. The maximum Gasteiger partial charge on any atom is 0.226 e. The maximum absolute atomic E-state index is 12.0. The van der Waals surface area contributed by atoms with Crippen LogP contribution in [0.4, 0.5) is 5.69 Å². The van der Waals surface area contributed by atoms with Crippen molar-refractivity contribution in [3.8, 4) is 11.4 Å². The van der Waals surface area contributed by atoms with Gasteiger partial charge in [-0.05, 0) is 30.9 Å². The first-order valence-electron chi connectivity index (χ1n) is 8.03. The van der Waals surface area contributed by atoms with Crippen molar-refractivity contribution in [2.45, 2.75) is 45.1 Å². The lowest BCUT2D eigenvalue weighted by Gasteiger charge is -2.14. The summed E-state index contributed by atoms with van der Waals surface area (Å²) in [7, 11) is 0. The predicted molar refractivity (Wildman–Crippen MR) is 87.9 cm³/mol. The van der Waals surface area contributed by atoms with E-state index in [0.717, 1.165) is 11.4 Å². The van der Waals surface area contributed by atoms with Crippen molar-refractivity contribution in [3.05, 3.63) is 30.1 Å². The van der Waals surface area contributed by atoms with Gasteiger partial charge in [0.05, 0.1) is 12.5 Å². The minimum atomic E-state index is -0.632. The second kappa shape index (κ2) is 6.50. The lowest BCUT2D eigenvalue weighted by atomic mass is 10.0. The zero-order chi connectivity index (χ0) is 16.4. The van der Waals surface area contributed by atoms with Gasteiger partial charge in [0.1, 0.15) is 5.82 Å². The number of rotatable bonds is 6. The molecule has 1 unspecified atom stereocenters. The Bertz CT molecular complexity index is 691. The summed E-state index contributed by atoms with van der Waals surface area (Å²) in [6.07, 6.45) is 1.80. The molecule has 1 fully saturated rings. The summed E-state index contributed by atoms with van der Waals surface area (Å²) < 4.78 is 0. The number of H-pyrrole nitrogens is 1. The lowest BCUT2D eigenvalue weighted by molar-refractivity contribution is -0.118. The SMILES string of the molecule is CC(C)C(O)CC(=O)Nc1cccc(-c2n[nH]c(C3CC3)n2)c1. The van der Waals surface area contributed by atoms with Crippen LogP contribution in [-0.2, 0) is 4.79 Å². The second-order valence-corrected chi connectivity index (χ2v) is 6.46. The van der Waals surface area contributed by atoms with Crippen LogP contribution in [0.25, 0.3) is 11.4 Å². The molecule has 0 radical (unpaired) electrons. The van der Waals surface area contributed by atoms with Gasteiger partial charge in [0.2, 0.25) is 5.91 Å². The zero-order valence-corrected chi connectivity index (χ0v) is 13.4. The average molecular weight is 314 g/mol. The van der Waals surface area contributed by atoms with E-state index in [1.807, 2.05) is 38.1 Å². The number of nitrogens with one attached hydrogen (secondary N) is 2. The van der Waals surface area contributed by atoms with E-state index in [1.54, 1.807) is 0 Å². The highest BCUT2D eigenvalue weighted by molar-refractivity contribution is 5.91. The minimum absolute atomic E-state index is 0.0567. The summed E-state index contributed by atoms with van der Waals surface area (Å²) in [5, 5.41) is 19.8. The number of carbonyl (C=O) groups is 1. The Labute approximate surface area is 135 Å². The molecule has 0 bridgehead atoms. The third kappa shape index (κ3) is 3.96. The Hall–Kier alpha value is -2.21. The van der Waals surface area contributed by atoms with Crippen molar-refractivity contribution >= 4 is 11.6 Å². The molecule has 1 saturated carbocycles. The van der Waals surface area contributed by atoms with Crippen LogP contribution in [-0.4, -0.2) is 32.3 Å². The molecular formula is C17H22N4O2. The first kappa shape index (κ1) is 15.7. The van der Waals surface area contributed by atoms with Crippen molar-refractivity contribution in [1.29, 1.82) is 0 Å². The van der Waals surface area contributed by atoms with Gasteiger partial charge in [0.15, 0.2) is 5.82 Å². The number of aliphatic hydroxyl groups excluding tert-OH is 1. The normalized spacial score (nSPS) is 15.7. The number of carbonyl (C=O) groups excluding carboxylic acids is 1. The van der Waals surface area contributed by atoms with Crippen LogP contribution >= 0.6 is 0 Å². The number of hydrogen-bond acceptors (Lipinski definition) is 4. The molecule has 0 aliphatic heterocycles. The Kier molecular flexibility index (Phi) is 4.43. The quantitative estimate of drug-likeness (QED) is 0.764. The van der Waals surface area contributed by atoms with E-state index >= 15 is 0 Å². The number of aliphatic hydroxyl groups is 1. The van der Waals surface area contributed by atoms with Crippen molar-refractivity contribution in [1.82, 2.24) is 15.2 Å². The van der Waals surface area contributed by atoms with Crippen molar-refractivity contribution in [2.75, 3.05) is 5.32 Å². The van der Waals surface area contributed by atoms with E-state index in [4.69, 9.17) is 0 Å². The largest absolute Gasteiger partial charge is 0.392 e. The van der Waals surface area contributed by atoms with Gasteiger partial charge in [0, 0.05) is 17.2 Å². The van der Waals surface area contributed by atoms with Gasteiger partial charge in [-0.15, -0.1) is 0 Å². The summed E-state index contributed by atoms with van der Waals surface area (Å²) in [5.41, 5.74) is 1.54. The van der Waals surface area contributed by atoms with Crippen LogP contribution < -0.4 is 5.32 Å². The molecule has 2 aromatic rings. The monoisotopic (exact) mass is 314 g/mol. The Morgan fingerprint density at radius 1 is 1.43 bits per heavy atom. The Morgan fingerprint density at radius 2 is 2.22 bits per heavy atom. The molecule has 1 aromatic heterocycles. The van der Waals surface area contributed by atoms with Crippen molar-refractivity contribution in [3.63, 3.8) is 0 Å². The topological polar surface area (TPSA) is 90.9 Å². The van der Waals surface area contributed by atoms with Crippen LogP contribution in [0.2, 0.25) is 0 Å². The molecule has 1 aliphatic carbocycles. The number of benzene rings is 1. The summed E-state index contributed by atoms with van der Waals surface area (Å²) in [4.78, 5) is 16.5. The van der Waals surface area contributed by atoms with Crippen LogP contribution in [0.3, 0.4) is 0 Å². The summed E-state index contributed by atoms with van der Waals surface area (Å²) in [5.74, 6) is 1.97. The van der Waals surface area contributed by atoms with Crippen molar-refractivity contribution in [2.24, 2.45) is 5.92 Å². The molecule has 23 heavy (non-hydrogen) atoms. The summed E-state index contributed by atoms with van der Waals surface area (Å²) in [6, 6.07) is 7.44. The molecule has 1 heterocycles. The molecular weight excluding hydrogens is 292 g/mol. The van der Waals surface area contributed by atoms with E-state index in [1.165, 1.54) is 12.8 Å². The highest BCUT2D eigenvalue weighted by Crippen LogP contribution is 2.38. The first-order valence-corrected chi connectivity index (χ1v) is 8.03. The standard InChI is InChI=1S/C17H22N4O2/c1-10(2)14(22)9-15(23)18-13-5-3-4-12(8-13)17-19-16(20-21-17)11-6-7-11/h3-5,8,10-11,14,22H,6-7,9H2,1-2H3,(H,18,23)(H,19,20,21). The molecule has 3 N–H and O–H groups in total. The molecule has 1 aliphatic rings. The van der Waals surface area contributed by atoms with E-state index in [2.05, 4.69) is 20.5 Å². The molecule has 122 valence electrons.